The molecule has 0 aliphatic carbocycles. The maximum atomic E-state index is 5.83. The first-order valence-electron chi connectivity index (χ1n) is 5.49. The topological polar surface area (TPSA) is 64.9 Å². The predicted octanol–water partition coefficient (Wildman–Crippen LogP) is 3.36. The number of benzene rings is 1. The number of nitrogen functional groups attached to an aromatic ring is 1. The van der Waals surface area contributed by atoms with E-state index in [0.29, 0.717) is 17.4 Å². The second-order valence-electron chi connectivity index (χ2n) is 3.94. The van der Waals surface area contributed by atoms with Gasteiger partial charge in [0.1, 0.15) is 4.88 Å². The van der Waals surface area contributed by atoms with Gasteiger partial charge in [-0.2, -0.15) is 4.98 Å². The molecule has 0 aliphatic heterocycles. The summed E-state index contributed by atoms with van der Waals surface area (Å²) in [4.78, 5) is 5.22. The smallest absolute Gasteiger partial charge is 0.270 e. The van der Waals surface area contributed by atoms with Gasteiger partial charge in [-0.05, 0) is 23.9 Å². The van der Waals surface area contributed by atoms with E-state index in [1.165, 1.54) is 11.3 Å². The van der Waals surface area contributed by atoms with Gasteiger partial charge in [0, 0.05) is 5.56 Å². The summed E-state index contributed by atoms with van der Waals surface area (Å²) in [6.45, 7) is 2.02. The van der Waals surface area contributed by atoms with Gasteiger partial charge < -0.3 is 10.3 Å². The lowest BCUT2D eigenvalue weighted by Gasteiger charge is -1.97. The molecule has 0 fully saturated rings. The Morgan fingerprint density at radius 2 is 2.06 bits per heavy atom. The molecule has 2 heterocycles. The van der Waals surface area contributed by atoms with Crippen LogP contribution in [0.4, 0.5) is 5.69 Å². The zero-order valence-electron chi connectivity index (χ0n) is 9.75. The van der Waals surface area contributed by atoms with E-state index in [2.05, 4.69) is 10.1 Å². The fourth-order valence-electron chi connectivity index (χ4n) is 1.74. The molecule has 2 N–H and O–H groups in total. The van der Waals surface area contributed by atoms with Crippen LogP contribution in [0, 0.1) is 6.92 Å². The minimum absolute atomic E-state index is 0.473. The molecule has 18 heavy (non-hydrogen) atoms. The predicted molar refractivity (Wildman–Crippen MR) is 72.2 cm³/mol. The Kier molecular flexibility index (Phi) is 2.60. The van der Waals surface area contributed by atoms with E-state index in [-0.39, 0.29) is 0 Å². The summed E-state index contributed by atoms with van der Waals surface area (Å²) in [5.41, 5.74) is 8.59. The zero-order valence-corrected chi connectivity index (χ0v) is 10.6. The highest BCUT2D eigenvalue weighted by Crippen LogP contribution is 2.31. The van der Waals surface area contributed by atoms with Crippen LogP contribution >= 0.6 is 11.3 Å². The third kappa shape index (κ3) is 1.78. The lowest BCUT2D eigenvalue weighted by Crippen LogP contribution is -1.86. The minimum atomic E-state index is 0.473. The molecule has 3 aromatic rings. The third-order valence-corrected chi connectivity index (χ3v) is 3.62. The molecule has 0 saturated carbocycles. The van der Waals surface area contributed by atoms with E-state index in [1.807, 2.05) is 42.6 Å². The second kappa shape index (κ2) is 4.27. The fourth-order valence-corrected chi connectivity index (χ4v) is 2.48. The van der Waals surface area contributed by atoms with Crippen molar-refractivity contribution in [3.05, 3.63) is 41.3 Å². The van der Waals surface area contributed by atoms with Crippen molar-refractivity contribution in [1.82, 2.24) is 10.1 Å². The highest BCUT2D eigenvalue weighted by molar-refractivity contribution is 7.14. The van der Waals surface area contributed by atoms with Gasteiger partial charge in [-0.3, -0.25) is 0 Å². The van der Waals surface area contributed by atoms with Crippen molar-refractivity contribution in [2.45, 2.75) is 6.92 Å². The summed E-state index contributed by atoms with van der Waals surface area (Å²) in [5.74, 6) is 1.07. The fraction of sp³-hybridized carbons (Fsp3) is 0.0769. The van der Waals surface area contributed by atoms with E-state index < -0.39 is 0 Å². The summed E-state index contributed by atoms with van der Waals surface area (Å²) >= 11 is 1.49. The zero-order chi connectivity index (χ0) is 12.5. The van der Waals surface area contributed by atoms with Gasteiger partial charge in [0.25, 0.3) is 5.89 Å². The number of aromatic nitrogens is 2. The Hall–Kier alpha value is -2.14. The van der Waals surface area contributed by atoms with Gasteiger partial charge in [0.2, 0.25) is 5.82 Å². The normalized spacial score (nSPS) is 10.7. The third-order valence-electron chi connectivity index (χ3n) is 2.70. The monoisotopic (exact) mass is 257 g/mol. The molecule has 0 spiro atoms. The van der Waals surface area contributed by atoms with E-state index in [1.54, 1.807) is 0 Å². The van der Waals surface area contributed by atoms with Gasteiger partial charge in [0.05, 0.1) is 5.69 Å². The van der Waals surface area contributed by atoms with Crippen molar-refractivity contribution < 1.29 is 4.52 Å². The molecule has 0 amide bonds. The summed E-state index contributed by atoms with van der Waals surface area (Å²) in [5, 5.41) is 5.91. The first-order chi connectivity index (χ1) is 8.75. The number of aryl methyl sites for hydroxylation is 1. The molecule has 1 aromatic carbocycles. The van der Waals surface area contributed by atoms with Gasteiger partial charge in [-0.25, -0.2) is 0 Å². The first-order valence-corrected chi connectivity index (χ1v) is 6.37. The molecule has 4 nitrogen and oxygen atoms in total. The molecular weight excluding hydrogens is 246 g/mol. The molecule has 90 valence electrons. The largest absolute Gasteiger partial charge is 0.397 e. The molecule has 0 saturated heterocycles. The Balaban J connectivity index is 2.05. The number of thiophene rings is 1. The molecule has 0 aliphatic rings. The molecule has 0 unspecified atom stereocenters. The van der Waals surface area contributed by atoms with Crippen molar-refractivity contribution in [2.75, 3.05) is 5.73 Å². The average Bonchev–Trinajstić information content (AvgIpc) is 2.98. The number of rotatable bonds is 2. The Labute approximate surface area is 108 Å². The average molecular weight is 257 g/mol. The Morgan fingerprint density at radius 1 is 1.22 bits per heavy atom. The van der Waals surface area contributed by atoms with Crippen molar-refractivity contribution in [3.8, 4) is 22.2 Å². The number of nitrogens with zero attached hydrogens (tertiary/aromatic N) is 2. The number of nitrogens with two attached hydrogens (primary N) is 1. The van der Waals surface area contributed by atoms with E-state index in [4.69, 9.17) is 10.3 Å². The van der Waals surface area contributed by atoms with Gasteiger partial charge in [0.15, 0.2) is 0 Å². The summed E-state index contributed by atoms with van der Waals surface area (Å²) in [6, 6.07) is 9.76. The highest BCUT2D eigenvalue weighted by Gasteiger charge is 2.14. The molecule has 0 bridgehead atoms. The maximum absolute atomic E-state index is 5.83. The van der Waals surface area contributed by atoms with Crippen LogP contribution in [0.25, 0.3) is 22.2 Å². The van der Waals surface area contributed by atoms with Crippen LogP contribution in [-0.2, 0) is 0 Å². The lowest BCUT2D eigenvalue weighted by molar-refractivity contribution is 0.433. The van der Waals surface area contributed by atoms with Crippen LogP contribution in [0.15, 0.2) is 40.2 Å². The summed E-state index contributed by atoms with van der Waals surface area (Å²) in [7, 11) is 0. The van der Waals surface area contributed by atoms with Crippen LogP contribution in [-0.4, -0.2) is 10.1 Å². The van der Waals surface area contributed by atoms with E-state index in [0.717, 1.165) is 16.0 Å². The highest BCUT2D eigenvalue weighted by atomic mass is 32.1. The SMILES string of the molecule is Cc1ccccc1-c1noc(-c2sccc2N)n1. The molecule has 3 rings (SSSR count). The lowest BCUT2D eigenvalue weighted by atomic mass is 10.1. The van der Waals surface area contributed by atoms with Crippen LogP contribution in [0.1, 0.15) is 5.56 Å². The van der Waals surface area contributed by atoms with Crippen LogP contribution in [0.3, 0.4) is 0 Å². The molecule has 0 radical (unpaired) electrons. The second-order valence-corrected chi connectivity index (χ2v) is 4.86. The maximum Gasteiger partial charge on any atom is 0.270 e. The molecular formula is C13H11N3OS. The van der Waals surface area contributed by atoms with Gasteiger partial charge in [-0.15, -0.1) is 11.3 Å². The summed E-state index contributed by atoms with van der Waals surface area (Å²) < 4.78 is 5.27. The van der Waals surface area contributed by atoms with E-state index in [9.17, 15) is 0 Å². The minimum Gasteiger partial charge on any atom is -0.397 e. The van der Waals surface area contributed by atoms with Crippen molar-refractivity contribution in [3.63, 3.8) is 0 Å². The van der Waals surface area contributed by atoms with Gasteiger partial charge in [-0.1, -0.05) is 29.4 Å². The first kappa shape index (κ1) is 11.0. The van der Waals surface area contributed by atoms with E-state index >= 15 is 0 Å². The van der Waals surface area contributed by atoms with Crippen LogP contribution < -0.4 is 5.73 Å². The molecule has 2 aromatic heterocycles. The van der Waals surface area contributed by atoms with Crippen LogP contribution in [0.2, 0.25) is 0 Å². The number of hydrogen-bond acceptors (Lipinski definition) is 5. The molecule has 5 heteroatoms. The quantitative estimate of drug-likeness (QED) is 0.764. The molecule has 0 atom stereocenters. The van der Waals surface area contributed by atoms with Crippen molar-refractivity contribution >= 4 is 17.0 Å². The standard InChI is InChI=1S/C13H11N3OS/c1-8-4-2-3-5-9(8)12-15-13(17-16-12)11-10(14)6-7-18-11/h2-7H,14H2,1H3. The van der Waals surface area contributed by atoms with Crippen LogP contribution in [0.5, 0.6) is 0 Å². The Bertz CT molecular complexity index is 687. The Morgan fingerprint density at radius 3 is 2.78 bits per heavy atom. The number of hydrogen-bond donors (Lipinski definition) is 1. The number of anilines is 1. The van der Waals surface area contributed by atoms with Crippen molar-refractivity contribution in [1.29, 1.82) is 0 Å². The summed E-state index contributed by atoms with van der Waals surface area (Å²) in [6.07, 6.45) is 0. The van der Waals surface area contributed by atoms with Crippen molar-refractivity contribution in [2.24, 2.45) is 0 Å². The van der Waals surface area contributed by atoms with Gasteiger partial charge >= 0.3 is 0 Å².